The molecule has 0 fully saturated rings. The lowest BCUT2D eigenvalue weighted by atomic mass is 10.1. The van der Waals surface area contributed by atoms with Crippen LogP contribution < -0.4 is 0 Å². The van der Waals surface area contributed by atoms with E-state index in [0.29, 0.717) is 6.42 Å². The summed E-state index contributed by atoms with van der Waals surface area (Å²) in [5, 5.41) is 2.51. The molecule has 0 spiro atoms. The van der Waals surface area contributed by atoms with Crippen molar-refractivity contribution in [1.29, 1.82) is 0 Å². The number of rotatable bonds is 3. The summed E-state index contributed by atoms with van der Waals surface area (Å²) >= 11 is 14.0. The molecule has 1 atom stereocenters. The second-order valence-corrected chi connectivity index (χ2v) is 5.71. The summed E-state index contributed by atoms with van der Waals surface area (Å²) in [5.74, 6) is -0.236. The van der Waals surface area contributed by atoms with Gasteiger partial charge in [-0.15, -0.1) is 22.9 Å². The Labute approximate surface area is 114 Å². The molecule has 1 aromatic heterocycles. The molecule has 0 bridgehead atoms. The van der Waals surface area contributed by atoms with Crippen molar-refractivity contribution in [3.63, 3.8) is 0 Å². The van der Waals surface area contributed by atoms with E-state index in [0.717, 1.165) is 21.0 Å². The first-order chi connectivity index (χ1) is 8.08. The van der Waals surface area contributed by atoms with Crippen molar-refractivity contribution in [2.75, 3.05) is 0 Å². The molecule has 17 heavy (non-hydrogen) atoms. The van der Waals surface area contributed by atoms with Gasteiger partial charge in [0.05, 0.1) is 10.4 Å². The van der Waals surface area contributed by atoms with E-state index in [2.05, 4.69) is 0 Å². The molecule has 0 aliphatic heterocycles. The van der Waals surface area contributed by atoms with E-state index in [9.17, 15) is 4.39 Å². The number of benzene rings is 1. The van der Waals surface area contributed by atoms with Crippen molar-refractivity contribution in [1.82, 2.24) is 0 Å². The zero-order chi connectivity index (χ0) is 12.4. The first kappa shape index (κ1) is 12.9. The van der Waals surface area contributed by atoms with Crippen molar-refractivity contribution in [3.05, 3.63) is 56.5 Å². The molecule has 1 unspecified atom stereocenters. The van der Waals surface area contributed by atoms with E-state index in [4.69, 9.17) is 23.2 Å². The Kier molecular flexibility index (Phi) is 4.08. The third-order valence-electron chi connectivity index (χ3n) is 2.51. The molecule has 0 aliphatic carbocycles. The lowest BCUT2D eigenvalue weighted by Gasteiger charge is -2.08. The number of alkyl halides is 1. The first-order valence-corrected chi connectivity index (χ1v) is 6.89. The first-order valence-electron chi connectivity index (χ1n) is 5.20. The quantitative estimate of drug-likeness (QED) is 0.666. The highest BCUT2D eigenvalue weighted by molar-refractivity contribution is 7.11. The largest absolute Gasteiger partial charge is 0.207 e. The van der Waals surface area contributed by atoms with Crippen molar-refractivity contribution in [2.24, 2.45) is 0 Å². The standard InChI is InChI=1S/C13H11Cl2FS/c1-8-7-17-13(12(8)15)11(14)6-9-3-2-4-10(16)5-9/h2-5,7,11H,6H2,1H3. The number of hydrogen-bond donors (Lipinski definition) is 0. The van der Waals surface area contributed by atoms with E-state index < -0.39 is 0 Å². The van der Waals surface area contributed by atoms with E-state index in [1.807, 2.05) is 18.4 Å². The maximum absolute atomic E-state index is 13.0. The molecule has 0 saturated carbocycles. The lowest BCUT2D eigenvalue weighted by molar-refractivity contribution is 0.625. The molecule has 0 amide bonds. The van der Waals surface area contributed by atoms with Gasteiger partial charge < -0.3 is 0 Å². The molecule has 1 aromatic carbocycles. The normalized spacial score (nSPS) is 12.7. The lowest BCUT2D eigenvalue weighted by Crippen LogP contribution is -1.95. The predicted octanol–water partition coefficient (Wildman–Crippen LogP) is 5.37. The highest BCUT2D eigenvalue weighted by Crippen LogP contribution is 2.37. The van der Waals surface area contributed by atoms with Gasteiger partial charge in [-0.2, -0.15) is 0 Å². The van der Waals surface area contributed by atoms with Crippen LogP contribution in [0, 0.1) is 12.7 Å². The molecule has 90 valence electrons. The average molecular weight is 289 g/mol. The monoisotopic (exact) mass is 288 g/mol. The number of halogens is 3. The summed E-state index contributed by atoms with van der Waals surface area (Å²) in [6.07, 6.45) is 0.582. The Balaban J connectivity index is 2.17. The molecular weight excluding hydrogens is 278 g/mol. The SMILES string of the molecule is Cc1csc(C(Cl)Cc2cccc(F)c2)c1Cl. The van der Waals surface area contributed by atoms with E-state index >= 15 is 0 Å². The minimum Gasteiger partial charge on any atom is -0.207 e. The van der Waals surface area contributed by atoms with Gasteiger partial charge in [0, 0.05) is 4.88 Å². The molecule has 1 heterocycles. The van der Waals surface area contributed by atoms with Crippen molar-refractivity contribution >= 4 is 34.5 Å². The second kappa shape index (κ2) is 5.38. The molecule has 0 radical (unpaired) electrons. The van der Waals surface area contributed by atoms with Crippen LogP contribution in [-0.4, -0.2) is 0 Å². The molecule has 2 aromatic rings. The number of thiophene rings is 1. The Morgan fingerprint density at radius 3 is 2.76 bits per heavy atom. The highest BCUT2D eigenvalue weighted by atomic mass is 35.5. The topological polar surface area (TPSA) is 0 Å². The zero-order valence-corrected chi connectivity index (χ0v) is 11.5. The van der Waals surface area contributed by atoms with Gasteiger partial charge in [-0.1, -0.05) is 23.7 Å². The summed E-state index contributed by atoms with van der Waals surface area (Å²) < 4.78 is 13.0. The molecule has 0 saturated heterocycles. The van der Waals surface area contributed by atoms with Crippen LogP contribution in [0.3, 0.4) is 0 Å². The van der Waals surface area contributed by atoms with Crippen LogP contribution in [0.15, 0.2) is 29.6 Å². The predicted molar refractivity (Wildman–Crippen MR) is 72.8 cm³/mol. The Morgan fingerprint density at radius 1 is 1.41 bits per heavy atom. The van der Waals surface area contributed by atoms with Crippen LogP contribution >= 0.6 is 34.5 Å². The van der Waals surface area contributed by atoms with Crippen LogP contribution in [0.4, 0.5) is 4.39 Å². The van der Waals surface area contributed by atoms with Crippen LogP contribution in [0.2, 0.25) is 5.02 Å². The van der Waals surface area contributed by atoms with Crippen molar-refractivity contribution in [2.45, 2.75) is 18.7 Å². The smallest absolute Gasteiger partial charge is 0.123 e. The third-order valence-corrected chi connectivity index (χ3v) is 4.84. The van der Waals surface area contributed by atoms with Gasteiger partial charge in [0.15, 0.2) is 0 Å². The van der Waals surface area contributed by atoms with E-state index in [1.165, 1.54) is 12.1 Å². The highest BCUT2D eigenvalue weighted by Gasteiger charge is 2.16. The summed E-state index contributed by atoms with van der Waals surface area (Å²) in [4.78, 5) is 0.954. The van der Waals surface area contributed by atoms with Gasteiger partial charge in [-0.3, -0.25) is 0 Å². The Morgan fingerprint density at radius 2 is 2.18 bits per heavy atom. The molecule has 0 nitrogen and oxygen atoms in total. The van der Waals surface area contributed by atoms with Gasteiger partial charge >= 0.3 is 0 Å². The Hall–Kier alpha value is -0.570. The summed E-state index contributed by atoms with van der Waals surface area (Å²) in [7, 11) is 0. The number of hydrogen-bond acceptors (Lipinski definition) is 1. The molecule has 0 N–H and O–H groups in total. The summed E-state index contributed by atoms with van der Waals surface area (Å²) in [6.45, 7) is 1.95. The number of aryl methyl sites for hydroxylation is 1. The Bertz CT molecular complexity index is 522. The fourth-order valence-corrected chi connectivity index (χ4v) is 3.42. The molecule has 2 rings (SSSR count). The van der Waals surface area contributed by atoms with Crippen LogP contribution in [0.25, 0.3) is 0 Å². The van der Waals surface area contributed by atoms with Crippen molar-refractivity contribution < 1.29 is 4.39 Å². The van der Waals surface area contributed by atoms with Gasteiger partial charge in [-0.05, 0) is 42.0 Å². The van der Waals surface area contributed by atoms with E-state index in [-0.39, 0.29) is 11.2 Å². The maximum atomic E-state index is 13.0. The van der Waals surface area contributed by atoms with Gasteiger partial charge in [0.1, 0.15) is 5.82 Å². The molecule has 0 aliphatic rings. The van der Waals surface area contributed by atoms with Gasteiger partial charge in [-0.25, -0.2) is 4.39 Å². The fraction of sp³-hybridized carbons (Fsp3) is 0.231. The summed E-state index contributed by atoms with van der Waals surface area (Å²) in [5.41, 5.74) is 1.92. The average Bonchev–Trinajstić information content (AvgIpc) is 2.60. The zero-order valence-electron chi connectivity index (χ0n) is 9.21. The summed E-state index contributed by atoms with van der Waals surface area (Å²) in [6, 6.07) is 6.49. The van der Waals surface area contributed by atoms with Crippen LogP contribution in [0.5, 0.6) is 0 Å². The second-order valence-electron chi connectivity index (χ2n) is 3.90. The molecular formula is C13H11Cl2FS. The van der Waals surface area contributed by atoms with Crippen LogP contribution in [-0.2, 0) is 6.42 Å². The fourth-order valence-electron chi connectivity index (χ4n) is 1.62. The minimum absolute atomic E-state index is 0.206. The maximum Gasteiger partial charge on any atom is 0.123 e. The molecule has 4 heteroatoms. The van der Waals surface area contributed by atoms with Gasteiger partial charge in [0.25, 0.3) is 0 Å². The van der Waals surface area contributed by atoms with Crippen LogP contribution in [0.1, 0.15) is 21.4 Å². The minimum atomic E-state index is -0.236. The van der Waals surface area contributed by atoms with E-state index in [1.54, 1.807) is 17.4 Å². The van der Waals surface area contributed by atoms with Gasteiger partial charge in [0.2, 0.25) is 0 Å². The third kappa shape index (κ3) is 3.01. The van der Waals surface area contributed by atoms with Crippen molar-refractivity contribution in [3.8, 4) is 0 Å².